The van der Waals surface area contributed by atoms with Crippen molar-refractivity contribution in [1.82, 2.24) is 20.2 Å². The van der Waals surface area contributed by atoms with Crippen LogP contribution in [0.15, 0.2) is 30.7 Å². The number of rotatable bonds is 5. The molecule has 2 aromatic rings. The molecule has 18 heavy (non-hydrogen) atoms. The molecule has 6 nitrogen and oxygen atoms in total. The molecule has 0 bridgehead atoms. The highest BCUT2D eigenvalue weighted by Crippen LogP contribution is 2.27. The van der Waals surface area contributed by atoms with Gasteiger partial charge in [0, 0.05) is 30.1 Å². The molecule has 2 rings (SSSR count). The lowest BCUT2D eigenvalue weighted by molar-refractivity contribution is 0.387. The maximum absolute atomic E-state index is 5.64. The lowest BCUT2D eigenvalue weighted by Gasteiger charge is -2.16. The molecule has 0 fully saturated rings. The van der Waals surface area contributed by atoms with Crippen molar-refractivity contribution >= 4 is 0 Å². The summed E-state index contributed by atoms with van der Waals surface area (Å²) in [7, 11) is 1.59. The third-order valence-corrected chi connectivity index (χ3v) is 2.78. The number of aryl methyl sites for hydroxylation is 1. The Balaban J connectivity index is 2.38. The summed E-state index contributed by atoms with van der Waals surface area (Å²) in [5, 5.41) is 4.24. The number of methoxy groups -OCH3 is 1. The first kappa shape index (κ1) is 12.5. The fourth-order valence-corrected chi connectivity index (χ4v) is 1.86. The third kappa shape index (κ3) is 2.34. The maximum Gasteiger partial charge on any atom is 0.218 e. The molecule has 0 spiro atoms. The van der Waals surface area contributed by atoms with Crippen LogP contribution in [0.1, 0.15) is 24.1 Å². The zero-order chi connectivity index (χ0) is 13.0. The summed E-state index contributed by atoms with van der Waals surface area (Å²) < 4.78 is 7.10. The highest BCUT2D eigenvalue weighted by Gasteiger charge is 2.18. The Bertz CT molecular complexity index is 511. The number of nitrogens with zero attached hydrogens (tertiary/aromatic N) is 3. The predicted octanol–water partition coefficient (Wildman–Crippen LogP) is 0.859. The van der Waals surface area contributed by atoms with Crippen LogP contribution in [-0.2, 0) is 6.54 Å². The highest BCUT2D eigenvalue weighted by atomic mass is 16.5. The highest BCUT2D eigenvalue weighted by molar-refractivity contribution is 5.35. The number of nitrogens with two attached hydrogens (primary N) is 1. The summed E-state index contributed by atoms with van der Waals surface area (Å²) in [5.41, 5.74) is 4.64. The molecule has 0 aliphatic carbocycles. The van der Waals surface area contributed by atoms with Crippen LogP contribution in [0.4, 0.5) is 0 Å². The number of ether oxygens (including phenoxy) is 1. The van der Waals surface area contributed by atoms with Crippen LogP contribution in [0, 0.1) is 0 Å². The van der Waals surface area contributed by atoms with Gasteiger partial charge in [-0.05, 0) is 13.0 Å². The quantitative estimate of drug-likeness (QED) is 0.605. The van der Waals surface area contributed by atoms with Gasteiger partial charge in [0.2, 0.25) is 5.88 Å². The van der Waals surface area contributed by atoms with E-state index in [1.54, 1.807) is 19.5 Å². The molecule has 6 heteroatoms. The van der Waals surface area contributed by atoms with Gasteiger partial charge in [-0.25, -0.2) is 10.4 Å². The van der Waals surface area contributed by atoms with Crippen LogP contribution in [0.3, 0.4) is 0 Å². The summed E-state index contributed by atoms with van der Waals surface area (Å²) in [5.74, 6) is 6.20. The first-order valence-corrected chi connectivity index (χ1v) is 5.77. The molecular formula is C12H17N5O. The second kappa shape index (κ2) is 5.61. The minimum atomic E-state index is -0.186. The molecule has 3 N–H and O–H groups in total. The molecule has 2 heterocycles. The fourth-order valence-electron chi connectivity index (χ4n) is 1.86. The van der Waals surface area contributed by atoms with Crippen molar-refractivity contribution in [1.29, 1.82) is 0 Å². The van der Waals surface area contributed by atoms with E-state index in [1.807, 2.05) is 29.9 Å². The zero-order valence-corrected chi connectivity index (χ0v) is 10.5. The van der Waals surface area contributed by atoms with Crippen LogP contribution in [0.25, 0.3) is 0 Å². The normalized spacial score (nSPS) is 12.4. The predicted molar refractivity (Wildman–Crippen MR) is 67.9 cm³/mol. The van der Waals surface area contributed by atoms with Gasteiger partial charge in [0.05, 0.1) is 19.3 Å². The largest absolute Gasteiger partial charge is 0.481 e. The number of hydrogen-bond donors (Lipinski definition) is 2. The molecule has 2 aromatic heterocycles. The van der Waals surface area contributed by atoms with Gasteiger partial charge in [0.25, 0.3) is 0 Å². The monoisotopic (exact) mass is 247 g/mol. The summed E-state index contributed by atoms with van der Waals surface area (Å²) in [6.45, 7) is 2.85. The lowest BCUT2D eigenvalue weighted by atomic mass is 10.0. The van der Waals surface area contributed by atoms with E-state index in [9.17, 15) is 0 Å². The van der Waals surface area contributed by atoms with Gasteiger partial charge < -0.3 is 4.74 Å². The van der Waals surface area contributed by atoms with Gasteiger partial charge in [-0.15, -0.1) is 0 Å². The van der Waals surface area contributed by atoms with Crippen molar-refractivity contribution in [2.75, 3.05) is 7.11 Å². The van der Waals surface area contributed by atoms with Crippen LogP contribution >= 0.6 is 0 Å². The summed E-state index contributed by atoms with van der Waals surface area (Å²) in [4.78, 5) is 4.17. The van der Waals surface area contributed by atoms with E-state index >= 15 is 0 Å². The molecule has 0 radical (unpaired) electrons. The number of aromatic nitrogens is 3. The minimum absolute atomic E-state index is 0.186. The van der Waals surface area contributed by atoms with Gasteiger partial charge in [-0.2, -0.15) is 5.10 Å². The van der Waals surface area contributed by atoms with Gasteiger partial charge in [0.15, 0.2) is 0 Å². The Hall–Kier alpha value is -1.92. The number of pyridine rings is 1. The average Bonchev–Trinajstić information content (AvgIpc) is 2.89. The van der Waals surface area contributed by atoms with Gasteiger partial charge in [-0.3, -0.25) is 10.5 Å². The minimum Gasteiger partial charge on any atom is -0.481 e. The van der Waals surface area contributed by atoms with E-state index in [2.05, 4.69) is 15.5 Å². The van der Waals surface area contributed by atoms with Crippen molar-refractivity contribution in [3.8, 4) is 5.88 Å². The number of hydrazine groups is 1. The summed E-state index contributed by atoms with van der Waals surface area (Å²) in [6.07, 6.45) is 5.43. The average molecular weight is 247 g/mol. The molecule has 0 aliphatic rings. The Morgan fingerprint density at radius 2 is 2.39 bits per heavy atom. The van der Waals surface area contributed by atoms with Crippen LogP contribution < -0.4 is 16.0 Å². The standard InChI is InChI=1S/C12H17N5O/c1-3-17-8-9(7-15-17)11(16-13)10-5-4-6-14-12(10)18-2/h4-8,11,16H,3,13H2,1-2H3. The van der Waals surface area contributed by atoms with Crippen molar-refractivity contribution in [3.63, 3.8) is 0 Å². The topological polar surface area (TPSA) is 78.0 Å². The second-order valence-corrected chi connectivity index (χ2v) is 3.83. The summed E-state index contributed by atoms with van der Waals surface area (Å²) >= 11 is 0. The molecule has 0 amide bonds. The van der Waals surface area contributed by atoms with Gasteiger partial charge >= 0.3 is 0 Å². The van der Waals surface area contributed by atoms with Gasteiger partial charge in [-0.1, -0.05) is 6.07 Å². The van der Waals surface area contributed by atoms with E-state index in [0.29, 0.717) is 5.88 Å². The zero-order valence-electron chi connectivity index (χ0n) is 10.5. The molecule has 1 unspecified atom stereocenters. The molecule has 0 aliphatic heterocycles. The number of nitrogens with one attached hydrogen (secondary N) is 1. The van der Waals surface area contributed by atoms with Crippen molar-refractivity contribution in [3.05, 3.63) is 41.9 Å². The summed E-state index contributed by atoms with van der Waals surface area (Å²) in [6, 6.07) is 3.60. The van der Waals surface area contributed by atoms with Crippen molar-refractivity contribution in [2.24, 2.45) is 5.84 Å². The molecule has 1 atom stereocenters. The van der Waals surface area contributed by atoms with E-state index in [1.165, 1.54) is 0 Å². The van der Waals surface area contributed by atoms with E-state index in [-0.39, 0.29) is 6.04 Å². The van der Waals surface area contributed by atoms with Crippen molar-refractivity contribution in [2.45, 2.75) is 19.5 Å². The van der Waals surface area contributed by atoms with E-state index in [4.69, 9.17) is 10.6 Å². The fraction of sp³-hybridized carbons (Fsp3) is 0.333. The van der Waals surface area contributed by atoms with Crippen LogP contribution in [0.5, 0.6) is 5.88 Å². The second-order valence-electron chi connectivity index (χ2n) is 3.83. The molecule has 0 saturated carbocycles. The van der Waals surface area contributed by atoms with Crippen molar-refractivity contribution < 1.29 is 4.74 Å². The third-order valence-electron chi connectivity index (χ3n) is 2.78. The van der Waals surface area contributed by atoms with E-state index in [0.717, 1.165) is 17.7 Å². The van der Waals surface area contributed by atoms with E-state index < -0.39 is 0 Å². The van der Waals surface area contributed by atoms with Gasteiger partial charge in [0.1, 0.15) is 0 Å². The molecule has 0 aromatic carbocycles. The SMILES string of the molecule is CCn1cc(C(NN)c2cccnc2OC)cn1. The Labute approximate surface area is 106 Å². The first-order chi connectivity index (χ1) is 8.80. The molecular weight excluding hydrogens is 230 g/mol. The van der Waals surface area contributed by atoms with Crippen LogP contribution in [-0.4, -0.2) is 21.9 Å². The Morgan fingerprint density at radius 3 is 3.00 bits per heavy atom. The number of hydrogen-bond acceptors (Lipinski definition) is 5. The Kier molecular flexibility index (Phi) is 3.91. The Morgan fingerprint density at radius 1 is 1.56 bits per heavy atom. The maximum atomic E-state index is 5.64. The lowest BCUT2D eigenvalue weighted by Crippen LogP contribution is -2.29. The first-order valence-electron chi connectivity index (χ1n) is 5.77. The van der Waals surface area contributed by atoms with Crippen LogP contribution in [0.2, 0.25) is 0 Å². The molecule has 0 saturated heterocycles. The molecule has 96 valence electrons. The smallest absolute Gasteiger partial charge is 0.218 e.